The Hall–Kier alpha value is -8.66. The first-order chi connectivity index (χ1) is 35.2. The highest BCUT2D eigenvalue weighted by atomic mass is 16.5. The minimum absolute atomic E-state index is 0.0318. The largest absolute Gasteiger partial charge is 0.497 e. The summed E-state index contributed by atoms with van der Waals surface area (Å²) in [6.45, 7) is 1.25. The summed E-state index contributed by atoms with van der Waals surface area (Å²) >= 11 is 0. The summed E-state index contributed by atoms with van der Waals surface area (Å²) in [6, 6.07) is 42.5. The maximum Gasteiger partial charge on any atom is 0.274 e. The van der Waals surface area contributed by atoms with Gasteiger partial charge in [0.25, 0.3) is 23.6 Å². The molecule has 15 heteroatoms. The number of hydrogen-bond donors (Lipinski definition) is 5. The Labute approximate surface area is 413 Å². The van der Waals surface area contributed by atoms with Crippen molar-refractivity contribution in [2.24, 2.45) is 5.73 Å². The molecule has 0 spiro atoms. The Morgan fingerprint density at radius 3 is 1.42 bits per heavy atom. The lowest BCUT2D eigenvalue weighted by molar-refractivity contribution is -0.126. The Morgan fingerprint density at radius 2 is 0.958 bits per heavy atom. The number of nitrogens with two attached hydrogens (primary N) is 1. The molecule has 6 aromatic carbocycles. The molecule has 0 unspecified atom stereocenters. The number of nitrogens with one attached hydrogen (secondary N) is 4. The number of rotatable bonds is 12. The number of hydrogen-bond acceptors (Lipinski definition) is 8. The van der Waals surface area contributed by atoms with Crippen LogP contribution in [0.1, 0.15) is 64.8 Å². The highest BCUT2D eigenvalue weighted by Crippen LogP contribution is 2.44. The van der Waals surface area contributed by atoms with Crippen molar-refractivity contribution in [1.29, 1.82) is 0 Å². The fraction of sp³-hybridized carbons (Fsp3) is 0.193. The number of anilines is 3. The highest BCUT2D eigenvalue weighted by molar-refractivity contribution is 6.14. The number of carbonyl (C=O) groups excluding carboxylic acids is 4. The zero-order chi connectivity index (χ0) is 49.3. The molecule has 0 bridgehead atoms. The Morgan fingerprint density at radius 1 is 0.542 bits per heavy atom. The SMILES string of the molecule is COc1ccc(C(OCC(=O)N2CCc3c2ccc2[nH]c(C(=O)N4CCc5c4ccc4[nH]c(C(=O)N6CCc7c6ccc6[nH]c(C(=O)NCN)cc76)cc54)cc32)(c2ccccc2)c2ccc(OC)cc2)cc1. The number of carbonyl (C=O) groups is 4. The van der Waals surface area contributed by atoms with Crippen molar-refractivity contribution >= 4 is 73.4 Å². The van der Waals surface area contributed by atoms with Gasteiger partial charge in [-0.05, 0) is 132 Å². The van der Waals surface area contributed by atoms with Gasteiger partial charge in [0.1, 0.15) is 40.8 Å². The first-order valence-corrected chi connectivity index (χ1v) is 24.0. The van der Waals surface area contributed by atoms with Gasteiger partial charge in [-0.15, -0.1) is 0 Å². The number of fused-ring (bicyclic) bond motifs is 9. The number of aromatic nitrogens is 3. The van der Waals surface area contributed by atoms with Gasteiger partial charge in [0.05, 0.1) is 20.9 Å². The Kier molecular flexibility index (Phi) is 10.9. The Bertz CT molecular complexity index is 3590. The number of benzene rings is 6. The van der Waals surface area contributed by atoms with E-state index >= 15 is 0 Å². The lowest BCUT2D eigenvalue weighted by atomic mass is 9.80. The van der Waals surface area contributed by atoms with Gasteiger partial charge in [-0.1, -0.05) is 54.6 Å². The van der Waals surface area contributed by atoms with E-state index in [-0.39, 0.29) is 36.9 Å². The average Bonchev–Trinajstić information content (AvgIpc) is 4.29. The van der Waals surface area contributed by atoms with Crippen LogP contribution in [0.25, 0.3) is 32.7 Å². The number of H-pyrrole nitrogens is 3. The molecular formula is C57H50N8O7. The van der Waals surface area contributed by atoms with Crippen LogP contribution in [0.15, 0.2) is 133 Å². The summed E-state index contributed by atoms with van der Waals surface area (Å²) < 4.78 is 18.0. The van der Waals surface area contributed by atoms with Crippen LogP contribution < -0.4 is 35.2 Å². The van der Waals surface area contributed by atoms with Crippen molar-refractivity contribution in [3.05, 3.63) is 184 Å². The van der Waals surface area contributed by atoms with Crippen LogP contribution in [0.4, 0.5) is 17.1 Å². The third kappa shape index (κ3) is 7.18. The fourth-order valence-corrected chi connectivity index (χ4v) is 11.2. The molecule has 15 nitrogen and oxygen atoms in total. The number of ether oxygens (including phenoxy) is 3. The van der Waals surface area contributed by atoms with E-state index in [9.17, 15) is 19.2 Å². The molecular weight excluding hydrogens is 909 g/mol. The summed E-state index contributed by atoms with van der Waals surface area (Å²) in [5.74, 6) is 0.616. The minimum atomic E-state index is -1.16. The highest BCUT2D eigenvalue weighted by Gasteiger charge is 2.40. The van der Waals surface area contributed by atoms with Crippen molar-refractivity contribution in [2.75, 3.05) is 61.8 Å². The zero-order valence-electron chi connectivity index (χ0n) is 39.6. The van der Waals surface area contributed by atoms with E-state index < -0.39 is 5.60 Å². The smallest absolute Gasteiger partial charge is 0.274 e. The van der Waals surface area contributed by atoms with E-state index in [4.69, 9.17) is 19.9 Å². The lowest BCUT2D eigenvalue weighted by Crippen LogP contribution is -2.39. The van der Waals surface area contributed by atoms with Crippen molar-refractivity contribution in [2.45, 2.75) is 24.9 Å². The van der Waals surface area contributed by atoms with Gasteiger partial charge in [0.15, 0.2) is 0 Å². The standard InChI is InChI=1S/C57H50N8O7/c1-70-36-12-8-34(9-13-36)57(33-6-4-3-5-7-33,35-10-14-37(71-2)15-11-35)72-31-53(66)63-25-22-38-42-29-48(61-45(42)16-19-50(38)63)55(68)65-27-24-40-43-30-49(62-46(43)18-21-52(40)65)56(69)64-26-23-39-41-28-47(54(67)59-32-58)60-44(41)17-20-51(39)64/h3-21,28-30,60-62H,22-27,31-32,58H2,1-2H3,(H,59,67). The number of methoxy groups -OCH3 is 2. The van der Waals surface area contributed by atoms with E-state index in [0.29, 0.717) is 67.5 Å². The first-order valence-electron chi connectivity index (χ1n) is 24.0. The number of nitrogens with zero attached hydrogens (tertiary/aromatic N) is 3. The van der Waals surface area contributed by atoms with Crippen molar-refractivity contribution in [3.8, 4) is 11.5 Å². The summed E-state index contributed by atoms with van der Waals surface area (Å²) in [5, 5.41) is 5.32. The fourth-order valence-electron chi connectivity index (χ4n) is 11.2. The van der Waals surface area contributed by atoms with Crippen LogP contribution in [-0.4, -0.2) is 85.7 Å². The molecule has 360 valence electrons. The van der Waals surface area contributed by atoms with Gasteiger partial charge < -0.3 is 54.9 Å². The van der Waals surface area contributed by atoms with Gasteiger partial charge in [0.2, 0.25) is 0 Å². The van der Waals surface area contributed by atoms with E-state index in [1.165, 1.54) is 0 Å². The minimum Gasteiger partial charge on any atom is -0.497 e. The van der Waals surface area contributed by atoms with Crippen molar-refractivity contribution < 1.29 is 33.4 Å². The third-order valence-electron chi connectivity index (χ3n) is 14.6. The van der Waals surface area contributed by atoms with E-state index in [2.05, 4.69) is 20.3 Å². The molecule has 0 radical (unpaired) electrons. The molecule has 3 aliphatic rings. The predicted octanol–water partition coefficient (Wildman–Crippen LogP) is 8.10. The Balaban J connectivity index is 0.787. The van der Waals surface area contributed by atoms with E-state index in [0.717, 1.165) is 83.2 Å². The molecule has 0 aliphatic carbocycles. The van der Waals surface area contributed by atoms with Crippen LogP contribution in [0.2, 0.25) is 0 Å². The predicted molar refractivity (Wildman–Crippen MR) is 276 cm³/mol. The molecule has 0 saturated heterocycles. The average molecular weight is 959 g/mol. The zero-order valence-corrected chi connectivity index (χ0v) is 39.6. The van der Waals surface area contributed by atoms with Crippen LogP contribution >= 0.6 is 0 Å². The lowest BCUT2D eigenvalue weighted by Gasteiger charge is -2.36. The molecule has 0 fully saturated rings. The maximum absolute atomic E-state index is 14.5. The van der Waals surface area contributed by atoms with Gasteiger partial charge in [-0.25, -0.2) is 0 Å². The molecule has 0 saturated carbocycles. The van der Waals surface area contributed by atoms with Gasteiger partial charge in [-0.3, -0.25) is 19.2 Å². The van der Waals surface area contributed by atoms with Crippen LogP contribution in [-0.2, 0) is 34.4 Å². The summed E-state index contributed by atoms with van der Waals surface area (Å²) in [6.07, 6.45) is 1.88. The monoisotopic (exact) mass is 958 g/mol. The van der Waals surface area contributed by atoms with Crippen LogP contribution in [0.5, 0.6) is 11.5 Å². The van der Waals surface area contributed by atoms with Crippen molar-refractivity contribution in [1.82, 2.24) is 20.3 Å². The maximum atomic E-state index is 14.5. The second-order valence-corrected chi connectivity index (χ2v) is 18.3. The molecule has 3 aromatic heterocycles. The third-order valence-corrected chi connectivity index (χ3v) is 14.6. The summed E-state index contributed by atoms with van der Waals surface area (Å²) in [4.78, 5) is 70.9. The topological polar surface area (TPSA) is 191 Å². The van der Waals surface area contributed by atoms with E-state index in [1.807, 2.05) is 133 Å². The van der Waals surface area contributed by atoms with Crippen LogP contribution in [0.3, 0.4) is 0 Å². The molecule has 4 amide bonds. The molecule has 12 rings (SSSR count). The van der Waals surface area contributed by atoms with Gasteiger partial charge >= 0.3 is 0 Å². The second-order valence-electron chi connectivity index (χ2n) is 18.3. The molecule has 6 heterocycles. The second kappa shape index (κ2) is 17.6. The van der Waals surface area contributed by atoms with Gasteiger partial charge in [-0.2, -0.15) is 0 Å². The molecule has 3 aliphatic heterocycles. The van der Waals surface area contributed by atoms with Crippen molar-refractivity contribution in [3.63, 3.8) is 0 Å². The summed E-state index contributed by atoms with van der Waals surface area (Å²) in [7, 11) is 3.26. The normalized spacial score (nSPS) is 14.0. The number of aromatic amines is 3. The quantitative estimate of drug-likeness (QED) is 0.0600. The molecule has 9 aromatic rings. The molecule has 0 atom stereocenters. The van der Waals surface area contributed by atoms with E-state index in [1.54, 1.807) is 28.9 Å². The van der Waals surface area contributed by atoms with Gasteiger partial charge in [0, 0.05) is 69.4 Å². The number of amides is 4. The molecule has 72 heavy (non-hydrogen) atoms. The first kappa shape index (κ1) is 44.5. The van der Waals surface area contributed by atoms with Crippen LogP contribution in [0, 0.1) is 0 Å². The molecule has 6 N–H and O–H groups in total. The summed E-state index contributed by atoms with van der Waals surface area (Å²) in [5.41, 5.74) is 16.1.